The monoisotopic (exact) mass is 228 g/mol. The fourth-order valence-corrected chi connectivity index (χ4v) is 2.34. The lowest BCUT2D eigenvalue weighted by molar-refractivity contribution is -0.109. The highest BCUT2D eigenvalue weighted by molar-refractivity contribution is 7.09. The molecule has 0 aliphatic carbocycles. The SMILES string of the molecule is CCOC(C)(CC)C(O)Cc1cccs1. The largest absolute Gasteiger partial charge is 0.390 e. The molecule has 1 aromatic heterocycles. The fraction of sp³-hybridized carbons (Fsp3) is 0.667. The van der Waals surface area contributed by atoms with E-state index in [9.17, 15) is 5.11 Å². The highest BCUT2D eigenvalue weighted by Crippen LogP contribution is 2.24. The smallest absolute Gasteiger partial charge is 0.0913 e. The van der Waals surface area contributed by atoms with Crippen LogP contribution >= 0.6 is 11.3 Å². The van der Waals surface area contributed by atoms with E-state index in [0.717, 1.165) is 6.42 Å². The van der Waals surface area contributed by atoms with E-state index < -0.39 is 11.7 Å². The van der Waals surface area contributed by atoms with Crippen LogP contribution in [0.2, 0.25) is 0 Å². The standard InChI is InChI=1S/C12H20O2S/c1-4-12(3,14-5-2)11(13)9-10-7-6-8-15-10/h6-8,11,13H,4-5,9H2,1-3H3. The van der Waals surface area contributed by atoms with Gasteiger partial charge in [0.05, 0.1) is 11.7 Å². The molecule has 3 heteroatoms. The van der Waals surface area contributed by atoms with E-state index in [0.29, 0.717) is 13.0 Å². The summed E-state index contributed by atoms with van der Waals surface area (Å²) in [5.74, 6) is 0. The zero-order chi connectivity index (χ0) is 11.3. The molecule has 0 saturated carbocycles. The van der Waals surface area contributed by atoms with E-state index in [1.54, 1.807) is 11.3 Å². The summed E-state index contributed by atoms with van der Waals surface area (Å²) < 4.78 is 5.64. The Kier molecular flexibility index (Phi) is 4.77. The first-order valence-corrected chi connectivity index (χ1v) is 6.34. The van der Waals surface area contributed by atoms with Crippen LogP contribution in [0.1, 0.15) is 32.1 Å². The normalized spacial score (nSPS) is 17.3. The Bertz CT molecular complexity index is 271. The third-order valence-electron chi connectivity index (χ3n) is 2.86. The van der Waals surface area contributed by atoms with Crippen LogP contribution in [0.5, 0.6) is 0 Å². The van der Waals surface area contributed by atoms with E-state index in [-0.39, 0.29) is 0 Å². The lowest BCUT2D eigenvalue weighted by atomic mass is 9.93. The molecule has 0 bridgehead atoms. The second-order valence-corrected chi connectivity index (χ2v) is 4.93. The van der Waals surface area contributed by atoms with Crippen molar-refractivity contribution < 1.29 is 9.84 Å². The molecule has 0 radical (unpaired) electrons. The van der Waals surface area contributed by atoms with Gasteiger partial charge in [-0.2, -0.15) is 0 Å². The van der Waals surface area contributed by atoms with Crippen molar-refractivity contribution in [3.05, 3.63) is 22.4 Å². The average Bonchev–Trinajstić information content (AvgIpc) is 2.70. The number of ether oxygens (including phenoxy) is 1. The Morgan fingerprint density at radius 1 is 1.53 bits per heavy atom. The van der Waals surface area contributed by atoms with Gasteiger partial charge < -0.3 is 9.84 Å². The maximum absolute atomic E-state index is 10.2. The molecule has 0 amide bonds. The van der Waals surface area contributed by atoms with E-state index in [2.05, 4.69) is 6.07 Å². The Morgan fingerprint density at radius 2 is 2.27 bits per heavy atom. The van der Waals surface area contributed by atoms with Crippen molar-refractivity contribution in [3.8, 4) is 0 Å². The Hall–Kier alpha value is -0.380. The molecule has 2 atom stereocenters. The predicted molar refractivity (Wildman–Crippen MR) is 64.4 cm³/mol. The minimum Gasteiger partial charge on any atom is -0.390 e. The number of rotatable bonds is 6. The fourth-order valence-electron chi connectivity index (χ4n) is 1.60. The van der Waals surface area contributed by atoms with Crippen molar-refractivity contribution in [1.29, 1.82) is 0 Å². The van der Waals surface area contributed by atoms with Gasteiger partial charge >= 0.3 is 0 Å². The van der Waals surface area contributed by atoms with Gasteiger partial charge in [-0.15, -0.1) is 11.3 Å². The van der Waals surface area contributed by atoms with Crippen LogP contribution in [-0.4, -0.2) is 23.4 Å². The predicted octanol–water partition coefficient (Wildman–Crippen LogP) is 2.86. The number of hydrogen-bond acceptors (Lipinski definition) is 3. The topological polar surface area (TPSA) is 29.5 Å². The number of hydrogen-bond donors (Lipinski definition) is 1. The third kappa shape index (κ3) is 3.30. The van der Waals surface area contributed by atoms with Crippen LogP contribution in [0.3, 0.4) is 0 Å². The van der Waals surface area contributed by atoms with Crippen molar-refractivity contribution in [2.45, 2.75) is 45.3 Å². The zero-order valence-electron chi connectivity index (χ0n) is 9.69. The summed E-state index contributed by atoms with van der Waals surface area (Å²) >= 11 is 1.68. The summed E-state index contributed by atoms with van der Waals surface area (Å²) in [4.78, 5) is 1.21. The molecule has 0 saturated heterocycles. The van der Waals surface area contributed by atoms with Crippen LogP contribution in [0.25, 0.3) is 0 Å². The van der Waals surface area contributed by atoms with Crippen molar-refractivity contribution in [3.63, 3.8) is 0 Å². The first kappa shape index (κ1) is 12.7. The van der Waals surface area contributed by atoms with Gasteiger partial charge in [-0.25, -0.2) is 0 Å². The molecule has 0 fully saturated rings. The number of aliphatic hydroxyl groups excluding tert-OH is 1. The molecule has 86 valence electrons. The second-order valence-electron chi connectivity index (χ2n) is 3.90. The molecular formula is C12H20O2S. The van der Waals surface area contributed by atoms with Gasteiger partial charge in [0.2, 0.25) is 0 Å². The summed E-state index contributed by atoms with van der Waals surface area (Å²) in [6, 6.07) is 4.06. The first-order chi connectivity index (χ1) is 7.12. The Balaban J connectivity index is 2.60. The van der Waals surface area contributed by atoms with Gasteiger partial charge in [0.25, 0.3) is 0 Å². The summed E-state index contributed by atoms with van der Waals surface area (Å²) in [5.41, 5.74) is -0.418. The van der Waals surface area contributed by atoms with Gasteiger partial charge in [-0.05, 0) is 31.7 Å². The second kappa shape index (κ2) is 5.64. The number of thiophene rings is 1. The molecule has 0 aliphatic rings. The number of aliphatic hydroxyl groups is 1. The van der Waals surface area contributed by atoms with Gasteiger partial charge in [0, 0.05) is 17.9 Å². The van der Waals surface area contributed by atoms with E-state index in [4.69, 9.17) is 4.74 Å². The average molecular weight is 228 g/mol. The van der Waals surface area contributed by atoms with Crippen molar-refractivity contribution in [2.24, 2.45) is 0 Å². The molecule has 1 rings (SSSR count). The van der Waals surface area contributed by atoms with Crippen LogP contribution in [0, 0.1) is 0 Å². The molecule has 1 heterocycles. The Labute approximate surface area is 95.9 Å². The van der Waals surface area contributed by atoms with Gasteiger partial charge in [-0.3, -0.25) is 0 Å². The maximum atomic E-state index is 10.2. The molecule has 0 spiro atoms. The summed E-state index contributed by atoms with van der Waals surface area (Å²) in [7, 11) is 0. The molecule has 0 aromatic carbocycles. The molecular weight excluding hydrogens is 208 g/mol. The van der Waals surface area contributed by atoms with Gasteiger partial charge in [-0.1, -0.05) is 13.0 Å². The molecule has 1 aromatic rings. The van der Waals surface area contributed by atoms with Gasteiger partial charge in [0.1, 0.15) is 0 Å². The lowest BCUT2D eigenvalue weighted by Crippen LogP contribution is -2.42. The zero-order valence-corrected chi connectivity index (χ0v) is 10.5. The van der Waals surface area contributed by atoms with Crippen molar-refractivity contribution in [1.82, 2.24) is 0 Å². The molecule has 0 aliphatic heterocycles. The summed E-state index contributed by atoms with van der Waals surface area (Å²) in [5, 5.41) is 12.2. The quantitative estimate of drug-likeness (QED) is 0.811. The highest BCUT2D eigenvalue weighted by atomic mass is 32.1. The van der Waals surface area contributed by atoms with Crippen LogP contribution in [0.4, 0.5) is 0 Å². The Morgan fingerprint density at radius 3 is 2.73 bits per heavy atom. The molecule has 2 unspecified atom stereocenters. The summed E-state index contributed by atoms with van der Waals surface area (Å²) in [6.07, 6.45) is 1.08. The van der Waals surface area contributed by atoms with Gasteiger partial charge in [0.15, 0.2) is 0 Å². The molecule has 15 heavy (non-hydrogen) atoms. The minimum atomic E-state index is -0.430. The molecule has 2 nitrogen and oxygen atoms in total. The van der Waals surface area contributed by atoms with Crippen molar-refractivity contribution >= 4 is 11.3 Å². The van der Waals surface area contributed by atoms with Crippen LogP contribution in [0.15, 0.2) is 17.5 Å². The van der Waals surface area contributed by atoms with E-state index >= 15 is 0 Å². The maximum Gasteiger partial charge on any atom is 0.0913 e. The van der Waals surface area contributed by atoms with E-state index in [1.807, 2.05) is 32.2 Å². The van der Waals surface area contributed by atoms with Crippen LogP contribution in [-0.2, 0) is 11.2 Å². The molecule has 1 N–H and O–H groups in total. The van der Waals surface area contributed by atoms with Crippen molar-refractivity contribution in [2.75, 3.05) is 6.61 Å². The third-order valence-corrected chi connectivity index (χ3v) is 3.75. The lowest BCUT2D eigenvalue weighted by Gasteiger charge is -2.33. The highest BCUT2D eigenvalue weighted by Gasteiger charge is 2.31. The van der Waals surface area contributed by atoms with E-state index in [1.165, 1.54) is 4.88 Å². The first-order valence-electron chi connectivity index (χ1n) is 5.46. The van der Waals surface area contributed by atoms with Crippen LogP contribution < -0.4 is 0 Å². The minimum absolute atomic E-state index is 0.418. The summed E-state index contributed by atoms with van der Waals surface area (Å²) in [6.45, 7) is 6.64.